The Bertz CT molecular complexity index is 286. The lowest BCUT2D eigenvalue weighted by atomic mass is 9.81. The third-order valence-electron chi connectivity index (χ3n) is 6.49. The van der Waals surface area contributed by atoms with Crippen LogP contribution in [0.4, 0.5) is 0 Å². The summed E-state index contributed by atoms with van der Waals surface area (Å²) in [6.07, 6.45) is 22.7. The Kier molecular flexibility index (Phi) is 5.80. The van der Waals surface area contributed by atoms with Gasteiger partial charge in [-0.2, -0.15) is 0 Å². The van der Waals surface area contributed by atoms with Crippen molar-refractivity contribution < 1.29 is 0 Å². The molecule has 0 bridgehead atoms. The number of hydrogen-bond donors (Lipinski definition) is 0. The normalized spacial score (nSPS) is 33.2. The van der Waals surface area contributed by atoms with Crippen LogP contribution in [-0.2, 0) is 0 Å². The largest absolute Gasteiger partial charge is 0.294 e. The van der Waals surface area contributed by atoms with Gasteiger partial charge in [0.2, 0.25) is 0 Å². The van der Waals surface area contributed by atoms with E-state index in [2.05, 4.69) is 17.6 Å². The monoisotopic (exact) mass is 289 g/mol. The van der Waals surface area contributed by atoms with E-state index in [0.29, 0.717) is 0 Å². The van der Waals surface area contributed by atoms with Gasteiger partial charge < -0.3 is 0 Å². The molecule has 0 N–H and O–H groups in total. The summed E-state index contributed by atoms with van der Waals surface area (Å²) < 4.78 is 0. The van der Waals surface area contributed by atoms with Gasteiger partial charge in [-0.1, -0.05) is 44.6 Å². The van der Waals surface area contributed by atoms with Crippen LogP contribution in [0.3, 0.4) is 0 Å². The third kappa shape index (κ3) is 3.92. The summed E-state index contributed by atoms with van der Waals surface area (Å²) in [4.78, 5) is 3.07. The highest BCUT2D eigenvalue weighted by atomic mass is 15.2. The summed E-state index contributed by atoms with van der Waals surface area (Å²) in [6.45, 7) is 4.02. The van der Waals surface area contributed by atoms with Crippen LogP contribution in [0.25, 0.3) is 0 Å². The second kappa shape index (κ2) is 7.81. The molecular weight excluding hydrogens is 254 g/mol. The zero-order valence-electron chi connectivity index (χ0n) is 13.9. The highest BCUT2D eigenvalue weighted by Crippen LogP contribution is 2.37. The van der Waals surface area contributed by atoms with Crippen molar-refractivity contribution in [1.29, 1.82) is 0 Å². The van der Waals surface area contributed by atoms with Crippen LogP contribution in [0.5, 0.6) is 0 Å². The molecule has 1 heteroatoms. The molecule has 0 saturated heterocycles. The minimum Gasteiger partial charge on any atom is -0.294 e. The molecule has 0 amide bonds. The Labute approximate surface area is 132 Å². The van der Waals surface area contributed by atoms with Gasteiger partial charge in [-0.25, -0.2) is 0 Å². The number of nitrogens with zero attached hydrogens (tertiary/aromatic N) is 1. The van der Waals surface area contributed by atoms with E-state index in [-0.39, 0.29) is 0 Å². The Morgan fingerprint density at radius 2 is 1.00 bits per heavy atom. The fourth-order valence-electron chi connectivity index (χ4n) is 5.29. The predicted octanol–water partition coefficient (Wildman–Crippen LogP) is 5.70. The fourth-order valence-corrected chi connectivity index (χ4v) is 5.29. The quantitative estimate of drug-likeness (QED) is 0.600. The lowest BCUT2D eigenvalue weighted by Crippen LogP contribution is -2.51. The van der Waals surface area contributed by atoms with Gasteiger partial charge in [0.15, 0.2) is 0 Å². The summed E-state index contributed by atoms with van der Waals surface area (Å²) in [5.41, 5.74) is 0. The Balaban J connectivity index is 1.67. The molecule has 3 rings (SSSR count). The van der Waals surface area contributed by atoms with Crippen molar-refractivity contribution in [2.24, 2.45) is 5.92 Å². The standard InChI is InChI=1S/C20H35N/c1-2-17-13-15-20(16-14-17)21(18-9-5-3-6-10-18)19-11-7-4-8-12-19/h2,17-20H,1,3-16H2. The highest BCUT2D eigenvalue weighted by Gasteiger charge is 2.35. The van der Waals surface area contributed by atoms with Crippen LogP contribution >= 0.6 is 0 Å². The average molecular weight is 290 g/mol. The molecule has 21 heavy (non-hydrogen) atoms. The van der Waals surface area contributed by atoms with Gasteiger partial charge in [-0.05, 0) is 57.3 Å². The van der Waals surface area contributed by atoms with Gasteiger partial charge >= 0.3 is 0 Å². The van der Waals surface area contributed by atoms with Crippen molar-refractivity contribution >= 4 is 0 Å². The zero-order valence-corrected chi connectivity index (χ0v) is 13.9. The minimum absolute atomic E-state index is 0.806. The molecule has 3 saturated carbocycles. The van der Waals surface area contributed by atoms with Crippen LogP contribution < -0.4 is 0 Å². The van der Waals surface area contributed by atoms with Gasteiger partial charge in [0.1, 0.15) is 0 Å². The number of allylic oxidation sites excluding steroid dienone is 1. The van der Waals surface area contributed by atoms with E-state index in [1.54, 1.807) is 0 Å². The van der Waals surface area contributed by atoms with Crippen LogP contribution in [0.15, 0.2) is 12.7 Å². The molecule has 0 heterocycles. The Morgan fingerprint density at radius 1 is 0.571 bits per heavy atom. The van der Waals surface area contributed by atoms with Crippen molar-refractivity contribution in [2.75, 3.05) is 0 Å². The molecule has 3 aliphatic carbocycles. The molecule has 3 fully saturated rings. The maximum Gasteiger partial charge on any atom is 0.0102 e. The van der Waals surface area contributed by atoms with Gasteiger partial charge in [0.25, 0.3) is 0 Å². The molecule has 0 aliphatic heterocycles. The zero-order chi connectivity index (χ0) is 14.5. The first-order valence-corrected chi connectivity index (χ1v) is 9.78. The van der Waals surface area contributed by atoms with Gasteiger partial charge in [0, 0.05) is 18.1 Å². The van der Waals surface area contributed by atoms with Gasteiger partial charge in [-0.15, -0.1) is 6.58 Å². The van der Waals surface area contributed by atoms with Crippen LogP contribution in [-0.4, -0.2) is 23.0 Å². The fraction of sp³-hybridized carbons (Fsp3) is 0.900. The van der Waals surface area contributed by atoms with E-state index in [1.807, 2.05) is 0 Å². The lowest BCUT2D eigenvalue weighted by molar-refractivity contribution is 0.0182. The first-order chi connectivity index (χ1) is 10.4. The molecule has 1 nitrogen and oxygen atoms in total. The molecule has 0 aromatic carbocycles. The van der Waals surface area contributed by atoms with Crippen molar-refractivity contribution in [3.8, 4) is 0 Å². The smallest absolute Gasteiger partial charge is 0.0102 e. The molecule has 0 spiro atoms. The molecular formula is C20H35N. The summed E-state index contributed by atoms with van der Waals surface area (Å²) in [6, 6.07) is 2.74. The van der Waals surface area contributed by atoms with E-state index >= 15 is 0 Å². The van der Waals surface area contributed by atoms with Crippen LogP contribution in [0.1, 0.15) is 89.9 Å². The minimum atomic E-state index is 0.806. The van der Waals surface area contributed by atoms with E-state index in [4.69, 9.17) is 0 Å². The first kappa shape index (κ1) is 15.6. The first-order valence-electron chi connectivity index (χ1n) is 9.78. The van der Waals surface area contributed by atoms with E-state index < -0.39 is 0 Å². The second-order valence-corrected chi connectivity index (χ2v) is 7.84. The van der Waals surface area contributed by atoms with E-state index in [0.717, 1.165) is 24.0 Å². The molecule has 0 radical (unpaired) electrons. The molecule has 120 valence electrons. The van der Waals surface area contributed by atoms with Crippen LogP contribution in [0.2, 0.25) is 0 Å². The average Bonchev–Trinajstić information content (AvgIpc) is 2.58. The van der Waals surface area contributed by atoms with Crippen molar-refractivity contribution in [2.45, 2.75) is 108 Å². The Hall–Kier alpha value is -0.300. The summed E-state index contributed by atoms with van der Waals surface area (Å²) in [5, 5.41) is 0. The SMILES string of the molecule is C=CC1CCC(N(C2CCCCC2)C2CCCCC2)CC1. The van der Waals surface area contributed by atoms with E-state index in [1.165, 1.54) is 89.9 Å². The highest BCUT2D eigenvalue weighted by molar-refractivity contribution is 4.93. The number of rotatable bonds is 4. The topological polar surface area (TPSA) is 3.24 Å². The predicted molar refractivity (Wildman–Crippen MR) is 91.5 cm³/mol. The maximum atomic E-state index is 4.02. The van der Waals surface area contributed by atoms with Crippen molar-refractivity contribution in [3.63, 3.8) is 0 Å². The van der Waals surface area contributed by atoms with Gasteiger partial charge in [0.05, 0.1) is 0 Å². The Morgan fingerprint density at radius 3 is 1.43 bits per heavy atom. The van der Waals surface area contributed by atoms with Crippen molar-refractivity contribution in [3.05, 3.63) is 12.7 Å². The lowest BCUT2D eigenvalue weighted by Gasteiger charge is -2.48. The summed E-state index contributed by atoms with van der Waals surface area (Å²) >= 11 is 0. The third-order valence-corrected chi connectivity index (χ3v) is 6.49. The summed E-state index contributed by atoms with van der Waals surface area (Å²) in [7, 11) is 0. The number of hydrogen-bond acceptors (Lipinski definition) is 1. The van der Waals surface area contributed by atoms with E-state index in [9.17, 15) is 0 Å². The molecule has 0 aromatic heterocycles. The summed E-state index contributed by atoms with van der Waals surface area (Å²) in [5.74, 6) is 0.806. The van der Waals surface area contributed by atoms with Crippen LogP contribution in [0, 0.1) is 5.92 Å². The molecule has 0 atom stereocenters. The molecule has 3 aliphatic rings. The van der Waals surface area contributed by atoms with Crippen molar-refractivity contribution in [1.82, 2.24) is 4.90 Å². The van der Waals surface area contributed by atoms with Gasteiger partial charge in [-0.3, -0.25) is 4.90 Å². The molecule has 0 aromatic rings. The maximum absolute atomic E-state index is 4.02. The molecule has 0 unspecified atom stereocenters. The second-order valence-electron chi connectivity index (χ2n) is 7.84.